The fourth-order valence-electron chi connectivity index (χ4n) is 0.975. The van der Waals surface area contributed by atoms with Crippen LogP contribution in [0.3, 0.4) is 0 Å². The van der Waals surface area contributed by atoms with E-state index in [9.17, 15) is 13.2 Å². The van der Waals surface area contributed by atoms with Gasteiger partial charge >= 0.3 is 6.18 Å². The molecule has 0 atom stereocenters. The maximum absolute atomic E-state index is 12.4. The van der Waals surface area contributed by atoms with E-state index in [2.05, 4.69) is 6.07 Å². The Labute approximate surface area is 80.5 Å². The van der Waals surface area contributed by atoms with Crippen molar-refractivity contribution in [1.82, 2.24) is 0 Å². The molecule has 0 N–H and O–H groups in total. The van der Waals surface area contributed by atoms with Gasteiger partial charge in [-0.2, -0.15) is 13.2 Å². The van der Waals surface area contributed by atoms with Crippen molar-refractivity contribution in [2.45, 2.75) is 19.5 Å². The van der Waals surface area contributed by atoms with E-state index >= 15 is 0 Å². The van der Waals surface area contributed by atoms with Gasteiger partial charge in [0, 0.05) is 0 Å². The average molecular weight is 203 g/mol. The molecule has 0 saturated heterocycles. The van der Waals surface area contributed by atoms with E-state index in [0.29, 0.717) is 6.42 Å². The SMILES string of the molecule is CCCOc1ccc[c]c1C(F)(F)F. The van der Waals surface area contributed by atoms with E-state index in [1.807, 2.05) is 6.92 Å². The van der Waals surface area contributed by atoms with Gasteiger partial charge in [0.1, 0.15) is 11.3 Å². The topological polar surface area (TPSA) is 9.23 Å². The summed E-state index contributed by atoms with van der Waals surface area (Å²) >= 11 is 0. The fourth-order valence-corrected chi connectivity index (χ4v) is 0.975. The van der Waals surface area contributed by atoms with E-state index in [1.165, 1.54) is 18.2 Å². The summed E-state index contributed by atoms with van der Waals surface area (Å²) in [6.07, 6.45) is -3.73. The third-order valence-corrected chi connectivity index (χ3v) is 1.56. The first-order chi connectivity index (χ1) is 6.55. The quantitative estimate of drug-likeness (QED) is 0.732. The van der Waals surface area contributed by atoms with Gasteiger partial charge in [-0.1, -0.05) is 19.1 Å². The number of halogens is 3. The number of alkyl halides is 3. The van der Waals surface area contributed by atoms with Crippen LogP contribution in [-0.2, 0) is 6.18 Å². The Balaban J connectivity index is 2.92. The lowest BCUT2D eigenvalue weighted by Gasteiger charge is -2.12. The molecule has 0 fully saturated rings. The van der Waals surface area contributed by atoms with E-state index < -0.39 is 11.7 Å². The van der Waals surface area contributed by atoms with Gasteiger partial charge in [0.05, 0.1) is 6.61 Å². The largest absolute Gasteiger partial charge is 0.493 e. The molecule has 0 spiro atoms. The number of benzene rings is 1. The maximum Gasteiger partial charge on any atom is 0.420 e. The lowest BCUT2D eigenvalue weighted by Crippen LogP contribution is -2.09. The van der Waals surface area contributed by atoms with Crippen LogP contribution in [0.1, 0.15) is 18.9 Å². The summed E-state index contributed by atoms with van der Waals surface area (Å²) < 4.78 is 42.1. The van der Waals surface area contributed by atoms with Crippen LogP contribution in [-0.4, -0.2) is 6.61 Å². The Bertz CT molecular complexity index is 294. The number of ether oxygens (including phenoxy) is 1. The van der Waals surface area contributed by atoms with Crippen LogP contribution < -0.4 is 4.74 Å². The minimum atomic E-state index is -4.40. The smallest absolute Gasteiger partial charge is 0.420 e. The summed E-state index contributed by atoms with van der Waals surface area (Å²) in [6.45, 7) is 2.11. The lowest BCUT2D eigenvalue weighted by atomic mass is 10.2. The molecular weight excluding hydrogens is 193 g/mol. The monoisotopic (exact) mass is 203 g/mol. The Morgan fingerprint density at radius 2 is 2.14 bits per heavy atom. The molecule has 1 aromatic rings. The number of rotatable bonds is 3. The van der Waals surface area contributed by atoms with Crippen molar-refractivity contribution in [2.24, 2.45) is 0 Å². The van der Waals surface area contributed by atoms with E-state index in [-0.39, 0.29) is 12.4 Å². The van der Waals surface area contributed by atoms with Crippen molar-refractivity contribution in [3.63, 3.8) is 0 Å². The Hall–Kier alpha value is -1.19. The second kappa shape index (κ2) is 4.35. The molecule has 0 amide bonds. The molecule has 0 unspecified atom stereocenters. The van der Waals surface area contributed by atoms with Crippen LogP contribution in [0.15, 0.2) is 18.2 Å². The van der Waals surface area contributed by atoms with Crippen LogP contribution in [0.25, 0.3) is 0 Å². The third-order valence-electron chi connectivity index (χ3n) is 1.56. The van der Waals surface area contributed by atoms with Crippen LogP contribution in [0.4, 0.5) is 13.2 Å². The zero-order chi connectivity index (χ0) is 10.6. The third kappa shape index (κ3) is 2.65. The summed E-state index contributed by atoms with van der Waals surface area (Å²) in [5, 5.41) is 0. The second-order valence-corrected chi connectivity index (χ2v) is 2.76. The molecule has 0 saturated carbocycles. The molecular formula is C10H10F3O. The lowest BCUT2D eigenvalue weighted by molar-refractivity contribution is -0.139. The van der Waals surface area contributed by atoms with Gasteiger partial charge in [0.25, 0.3) is 0 Å². The molecule has 1 nitrogen and oxygen atoms in total. The molecule has 0 aromatic heterocycles. The van der Waals surface area contributed by atoms with Gasteiger partial charge in [-0.25, -0.2) is 0 Å². The first-order valence-electron chi connectivity index (χ1n) is 4.26. The van der Waals surface area contributed by atoms with Crippen molar-refractivity contribution >= 4 is 0 Å². The van der Waals surface area contributed by atoms with Gasteiger partial charge in [0.2, 0.25) is 0 Å². The van der Waals surface area contributed by atoms with Gasteiger partial charge in [0.15, 0.2) is 0 Å². The van der Waals surface area contributed by atoms with E-state index in [4.69, 9.17) is 4.74 Å². The predicted molar refractivity (Wildman–Crippen MR) is 46.1 cm³/mol. The second-order valence-electron chi connectivity index (χ2n) is 2.76. The zero-order valence-corrected chi connectivity index (χ0v) is 7.69. The van der Waals surface area contributed by atoms with Crippen LogP contribution >= 0.6 is 0 Å². The highest BCUT2D eigenvalue weighted by molar-refractivity contribution is 5.34. The minimum absolute atomic E-state index is 0.151. The Kier molecular flexibility index (Phi) is 3.38. The number of hydrogen-bond donors (Lipinski definition) is 0. The van der Waals surface area contributed by atoms with Crippen molar-refractivity contribution in [1.29, 1.82) is 0 Å². The Morgan fingerprint density at radius 3 is 2.71 bits per heavy atom. The van der Waals surface area contributed by atoms with Crippen molar-refractivity contribution < 1.29 is 17.9 Å². The van der Waals surface area contributed by atoms with E-state index in [0.717, 1.165) is 0 Å². The van der Waals surface area contributed by atoms with E-state index in [1.54, 1.807) is 0 Å². The van der Waals surface area contributed by atoms with Crippen molar-refractivity contribution in [3.8, 4) is 5.75 Å². The highest BCUT2D eigenvalue weighted by Crippen LogP contribution is 2.35. The normalized spacial score (nSPS) is 11.4. The Morgan fingerprint density at radius 1 is 1.43 bits per heavy atom. The first-order valence-corrected chi connectivity index (χ1v) is 4.26. The van der Waals surface area contributed by atoms with Crippen molar-refractivity contribution in [2.75, 3.05) is 6.61 Å². The van der Waals surface area contributed by atoms with Crippen LogP contribution in [0, 0.1) is 6.07 Å². The molecule has 77 valence electrons. The average Bonchev–Trinajstić information content (AvgIpc) is 2.14. The zero-order valence-electron chi connectivity index (χ0n) is 7.69. The summed E-state index contributed by atoms with van der Waals surface area (Å²) in [6, 6.07) is 6.13. The van der Waals surface area contributed by atoms with Crippen LogP contribution in [0.2, 0.25) is 0 Å². The highest BCUT2D eigenvalue weighted by atomic mass is 19.4. The highest BCUT2D eigenvalue weighted by Gasteiger charge is 2.34. The summed E-state index contributed by atoms with van der Waals surface area (Å²) in [5.74, 6) is -0.151. The first kappa shape index (κ1) is 10.9. The van der Waals surface area contributed by atoms with Gasteiger partial charge in [-0.3, -0.25) is 0 Å². The predicted octanol–water partition coefficient (Wildman–Crippen LogP) is 3.29. The fraction of sp³-hybridized carbons (Fsp3) is 0.400. The molecule has 1 aromatic carbocycles. The number of hydrogen-bond acceptors (Lipinski definition) is 1. The molecule has 14 heavy (non-hydrogen) atoms. The molecule has 0 heterocycles. The molecule has 1 rings (SSSR count). The van der Waals surface area contributed by atoms with Gasteiger partial charge < -0.3 is 4.74 Å². The standard InChI is InChI=1S/C10H10F3O/c1-2-7-14-9-6-4-3-5-8(9)10(11,12)13/h3-4,6H,2,7H2,1H3. The molecule has 1 radical (unpaired) electrons. The molecule has 0 bridgehead atoms. The molecule has 4 heteroatoms. The summed E-state index contributed by atoms with van der Waals surface area (Å²) in [7, 11) is 0. The molecule has 0 aliphatic heterocycles. The van der Waals surface area contributed by atoms with Crippen LogP contribution in [0.5, 0.6) is 5.75 Å². The summed E-state index contributed by atoms with van der Waals surface area (Å²) in [4.78, 5) is 0. The van der Waals surface area contributed by atoms with Gasteiger partial charge in [-0.15, -0.1) is 0 Å². The minimum Gasteiger partial charge on any atom is -0.493 e. The maximum atomic E-state index is 12.4. The molecule has 0 aliphatic rings. The molecule has 0 aliphatic carbocycles. The van der Waals surface area contributed by atoms with Crippen molar-refractivity contribution in [3.05, 3.63) is 29.8 Å². The van der Waals surface area contributed by atoms with Gasteiger partial charge in [-0.05, 0) is 18.6 Å². The summed E-state index contributed by atoms with van der Waals surface area (Å²) in [5.41, 5.74) is -0.839.